The Morgan fingerprint density at radius 1 is 1.55 bits per heavy atom. The third-order valence-corrected chi connectivity index (χ3v) is 1.58. The van der Waals surface area contributed by atoms with Gasteiger partial charge in [-0.1, -0.05) is 6.08 Å². The first-order valence-corrected chi connectivity index (χ1v) is 4.07. The molecule has 0 saturated carbocycles. The monoisotopic (exact) mass is 153 g/mol. The van der Waals surface area contributed by atoms with Gasteiger partial charge in [0.25, 0.3) is 0 Å². The molecule has 0 aromatic heterocycles. The van der Waals surface area contributed by atoms with Crippen LogP contribution >= 0.6 is 0 Å². The van der Waals surface area contributed by atoms with Gasteiger partial charge in [-0.05, 0) is 32.0 Å². The van der Waals surface area contributed by atoms with E-state index in [0.29, 0.717) is 0 Å². The van der Waals surface area contributed by atoms with Crippen molar-refractivity contribution in [1.82, 2.24) is 5.32 Å². The molecule has 0 fully saturated rings. The van der Waals surface area contributed by atoms with E-state index in [9.17, 15) is 0 Å². The number of allylic oxidation sites excluding steroid dienone is 3. The van der Waals surface area contributed by atoms with Crippen LogP contribution in [0.1, 0.15) is 12.8 Å². The van der Waals surface area contributed by atoms with Gasteiger partial charge in [0.2, 0.25) is 0 Å². The maximum Gasteiger partial charge on any atom is 0.115 e. The summed E-state index contributed by atoms with van der Waals surface area (Å²) in [7, 11) is 1.93. The van der Waals surface area contributed by atoms with Crippen LogP contribution in [0.25, 0.3) is 0 Å². The minimum atomic E-state index is 0.757. The van der Waals surface area contributed by atoms with Crippen LogP contribution in [0.2, 0.25) is 0 Å². The first kappa shape index (κ1) is 8.34. The van der Waals surface area contributed by atoms with Crippen LogP contribution in [0.3, 0.4) is 0 Å². The summed E-state index contributed by atoms with van der Waals surface area (Å²) in [6.45, 7) is 1.66. The summed E-state index contributed by atoms with van der Waals surface area (Å²) >= 11 is 0. The van der Waals surface area contributed by atoms with E-state index < -0.39 is 0 Å². The van der Waals surface area contributed by atoms with E-state index in [4.69, 9.17) is 4.74 Å². The molecule has 0 radical (unpaired) electrons. The SMILES string of the molecule is CNCCOC1=CCCC=C1. The molecule has 0 aromatic carbocycles. The molecular weight excluding hydrogens is 138 g/mol. The zero-order valence-electron chi connectivity index (χ0n) is 6.97. The van der Waals surface area contributed by atoms with Gasteiger partial charge in [-0.2, -0.15) is 0 Å². The van der Waals surface area contributed by atoms with Crippen LogP contribution < -0.4 is 5.32 Å². The smallest absolute Gasteiger partial charge is 0.115 e. The molecule has 11 heavy (non-hydrogen) atoms. The average molecular weight is 153 g/mol. The van der Waals surface area contributed by atoms with Crippen molar-refractivity contribution in [3.05, 3.63) is 24.0 Å². The van der Waals surface area contributed by atoms with E-state index in [1.165, 1.54) is 0 Å². The van der Waals surface area contributed by atoms with Crippen LogP contribution in [0, 0.1) is 0 Å². The highest BCUT2D eigenvalue weighted by Crippen LogP contribution is 2.09. The Hall–Kier alpha value is -0.760. The second-order valence-electron chi connectivity index (χ2n) is 2.54. The largest absolute Gasteiger partial charge is 0.493 e. The van der Waals surface area contributed by atoms with Crippen molar-refractivity contribution in [2.45, 2.75) is 12.8 Å². The molecule has 0 heterocycles. The van der Waals surface area contributed by atoms with Gasteiger partial charge in [-0.3, -0.25) is 0 Å². The van der Waals surface area contributed by atoms with Crippen molar-refractivity contribution in [3.8, 4) is 0 Å². The normalized spacial score (nSPS) is 16.3. The second kappa shape index (κ2) is 4.97. The zero-order chi connectivity index (χ0) is 7.94. The lowest BCUT2D eigenvalue weighted by Crippen LogP contribution is -2.13. The predicted octanol–water partition coefficient (Wildman–Crippen LogP) is 1.46. The molecule has 0 amide bonds. The fourth-order valence-electron chi connectivity index (χ4n) is 0.967. The first-order chi connectivity index (χ1) is 5.43. The lowest BCUT2D eigenvalue weighted by Gasteiger charge is -2.08. The van der Waals surface area contributed by atoms with Crippen LogP contribution in [0.5, 0.6) is 0 Å². The molecule has 0 saturated heterocycles. The number of likely N-dealkylation sites (N-methyl/N-ethyl adjacent to an activating group) is 1. The average Bonchev–Trinajstić information content (AvgIpc) is 2.07. The van der Waals surface area contributed by atoms with Crippen LogP contribution in [-0.2, 0) is 4.74 Å². The van der Waals surface area contributed by atoms with Crippen molar-refractivity contribution < 1.29 is 4.74 Å². The number of hydrogen-bond donors (Lipinski definition) is 1. The standard InChI is InChI=1S/C9H15NO/c1-10-7-8-11-9-5-3-2-4-6-9/h3,5-6,10H,2,4,7-8H2,1H3. The van der Waals surface area contributed by atoms with E-state index >= 15 is 0 Å². The number of rotatable bonds is 4. The van der Waals surface area contributed by atoms with Crippen molar-refractivity contribution in [1.29, 1.82) is 0 Å². The lowest BCUT2D eigenvalue weighted by molar-refractivity contribution is 0.225. The van der Waals surface area contributed by atoms with Crippen LogP contribution in [-0.4, -0.2) is 20.2 Å². The summed E-state index contributed by atoms with van der Waals surface area (Å²) in [4.78, 5) is 0. The Labute approximate surface area is 67.9 Å². The van der Waals surface area contributed by atoms with E-state index in [0.717, 1.165) is 31.8 Å². The molecule has 1 rings (SSSR count). The Kier molecular flexibility index (Phi) is 3.76. The molecule has 2 heteroatoms. The van der Waals surface area contributed by atoms with Gasteiger partial charge in [0.1, 0.15) is 12.4 Å². The van der Waals surface area contributed by atoms with E-state index in [2.05, 4.69) is 17.5 Å². The highest BCUT2D eigenvalue weighted by Gasteiger charge is 1.95. The van der Waals surface area contributed by atoms with Gasteiger partial charge in [0.15, 0.2) is 0 Å². The Morgan fingerprint density at radius 2 is 2.45 bits per heavy atom. The molecule has 0 aromatic rings. The second-order valence-corrected chi connectivity index (χ2v) is 2.54. The Bertz CT molecular complexity index is 161. The summed E-state index contributed by atoms with van der Waals surface area (Å²) < 4.78 is 5.44. The van der Waals surface area contributed by atoms with Crippen molar-refractivity contribution in [2.24, 2.45) is 0 Å². The molecule has 1 N–H and O–H groups in total. The van der Waals surface area contributed by atoms with Gasteiger partial charge in [0, 0.05) is 6.54 Å². The fraction of sp³-hybridized carbons (Fsp3) is 0.556. The van der Waals surface area contributed by atoms with Gasteiger partial charge >= 0.3 is 0 Å². The summed E-state index contributed by atoms with van der Waals surface area (Å²) in [5.41, 5.74) is 0. The number of nitrogens with one attached hydrogen (secondary N) is 1. The topological polar surface area (TPSA) is 21.3 Å². The minimum absolute atomic E-state index is 0.757. The zero-order valence-corrected chi connectivity index (χ0v) is 6.97. The molecule has 0 unspecified atom stereocenters. The Morgan fingerprint density at radius 3 is 3.09 bits per heavy atom. The number of hydrogen-bond acceptors (Lipinski definition) is 2. The minimum Gasteiger partial charge on any atom is -0.493 e. The predicted molar refractivity (Wildman–Crippen MR) is 46.3 cm³/mol. The van der Waals surface area contributed by atoms with Gasteiger partial charge in [-0.25, -0.2) is 0 Å². The Balaban J connectivity index is 2.15. The maximum absolute atomic E-state index is 5.44. The van der Waals surface area contributed by atoms with Crippen LogP contribution in [0.4, 0.5) is 0 Å². The summed E-state index contributed by atoms with van der Waals surface area (Å²) in [5, 5.41) is 3.03. The third kappa shape index (κ3) is 3.23. The summed E-state index contributed by atoms with van der Waals surface area (Å²) in [5.74, 6) is 1.02. The summed E-state index contributed by atoms with van der Waals surface area (Å²) in [6.07, 6.45) is 8.59. The maximum atomic E-state index is 5.44. The van der Waals surface area contributed by atoms with Gasteiger partial charge in [0.05, 0.1) is 0 Å². The molecule has 0 aliphatic heterocycles. The van der Waals surface area contributed by atoms with E-state index in [1.807, 2.05) is 13.1 Å². The molecule has 1 aliphatic rings. The van der Waals surface area contributed by atoms with Crippen LogP contribution in [0.15, 0.2) is 24.0 Å². The molecule has 0 spiro atoms. The van der Waals surface area contributed by atoms with Gasteiger partial charge in [-0.15, -0.1) is 0 Å². The van der Waals surface area contributed by atoms with E-state index in [-0.39, 0.29) is 0 Å². The molecular formula is C9H15NO. The van der Waals surface area contributed by atoms with Gasteiger partial charge < -0.3 is 10.1 Å². The molecule has 0 atom stereocenters. The highest BCUT2D eigenvalue weighted by atomic mass is 16.5. The van der Waals surface area contributed by atoms with Crippen molar-refractivity contribution >= 4 is 0 Å². The number of ether oxygens (including phenoxy) is 1. The van der Waals surface area contributed by atoms with Crippen molar-refractivity contribution in [3.63, 3.8) is 0 Å². The van der Waals surface area contributed by atoms with Crippen molar-refractivity contribution in [2.75, 3.05) is 20.2 Å². The lowest BCUT2D eigenvalue weighted by atomic mass is 10.2. The molecule has 0 bridgehead atoms. The first-order valence-electron chi connectivity index (χ1n) is 4.07. The summed E-state index contributed by atoms with van der Waals surface area (Å²) in [6, 6.07) is 0. The van der Waals surface area contributed by atoms with E-state index in [1.54, 1.807) is 0 Å². The molecule has 1 aliphatic carbocycles. The third-order valence-electron chi connectivity index (χ3n) is 1.58. The molecule has 2 nitrogen and oxygen atoms in total. The fourth-order valence-corrected chi connectivity index (χ4v) is 0.967. The molecule has 62 valence electrons. The highest BCUT2D eigenvalue weighted by molar-refractivity contribution is 5.15. The quantitative estimate of drug-likeness (QED) is 0.617.